The standard InChI is InChI=1S/C17H19N3O4S2/c1-25(21,22)14-7-9-15(10-8-14)26(23,24)19-11-4-12-20-13-18-16-5-2-3-6-17(16)20/h2-3,5-10,13,19H,4,11-12H2,1H3. The van der Waals surface area contributed by atoms with Gasteiger partial charge in [0.1, 0.15) is 0 Å². The third-order valence-corrected chi connectivity index (χ3v) is 6.56. The molecule has 0 radical (unpaired) electrons. The highest BCUT2D eigenvalue weighted by atomic mass is 32.2. The molecule has 0 amide bonds. The van der Waals surface area contributed by atoms with Crippen molar-refractivity contribution in [1.29, 1.82) is 0 Å². The summed E-state index contributed by atoms with van der Waals surface area (Å²) in [5.41, 5.74) is 1.91. The highest BCUT2D eigenvalue weighted by Crippen LogP contribution is 2.15. The monoisotopic (exact) mass is 393 g/mol. The van der Waals surface area contributed by atoms with E-state index in [1.165, 1.54) is 24.3 Å². The number of aryl methyl sites for hydroxylation is 1. The van der Waals surface area contributed by atoms with Crippen molar-refractivity contribution in [3.63, 3.8) is 0 Å². The zero-order valence-corrected chi connectivity index (χ0v) is 15.8. The Bertz CT molecular complexity index is 1120. The van der Waals surface area contributed by atoms with Gasteiger partial charge < -0.3 is 4.57 Å². The summed E-state index contributed by atoms with van der Waals surface area (Å²) >= 11 is 0. The lowest BCUT2D eigenvalue weighted by Crippen LogP contribution is -2.25. The van der Waals surface area contributed by atoms with Crippen LogP contribution < -0.4 is 4.72 Å². The second-order valence-corrected chi connectivity index (χ2v) is 9.70. The first-order valence-electron chi connectivity index (χ1n) is 7.97. The highest BCUT2D eigenvalue weighted by molar-refractivity contribution is 7.90. The number of para-hydroxylation sites is 2. The van der Waals surface area contributed by atoms with Gasteiger partial charge in [-0.1, -0.05) is 12.1 Å². The number of nitrogens with one attached hydrogen (secondary N) is 1. The summed E-state index contributed by atoms with van der Waals surface area (Å²) in [5.74, 6) is 0. The summed E-state index contributed by atoms with van der Waals surface area (Å²) < 4.78 is 52.0. The second kappa shape index (κ2) is 7.18. The van der Waals surface area contributed by atoms with E-state index in [1.807, 2.05) is 28.8 Å². The molecule has 0 fully saturated rings. The molecule has 7 nitrogen and oxygen atoms in total. The molecule has 2 aromatic carbocycles. The minimum absolute atomic E-state index is 0.0398. The van der Waals surface area contributed by atoms with Crippen LogP contribution in [0.15, 0.2) is 64.6 Å². The van der Waals surface area contributed by atoms with Crippen LogP contribution in [-0.2, 0) is 26.4 Å². The first kappa shape index (κ1) is 18.6. The van der Waals surface area contributed by atoms with Crippen LogP contribution in [0.5, 0.6) is 0 Å². The van der Waals surface area contributed by atoms with E-state index in [2.05, 4.69) is 9.71 Å². The number of hydrogen-bond acceptors (Lipinski definition) is 5. The topological polar surface area (TPSA) is 98.1 Å². The maximum atomic E-state index is 12.3. The zero-order valence-electron chi connectivity index (χ0n) is 14.2. The normalized spacial score (nSPS) is 12.5. The van der Waals surface area contributed by atoms with Gasteiger partial charge in [0, 0.05) is 19.3 Å². The van der Waals surface area contributed by atoms with Gasteiger partial charge in [0.05, 0.1) is 27.2 Å². The van der Waals surface area contributed by atoms with Gasteiger partial charge in [0.2, 0.25) is 10.0 Å². The molecule has 0 atom stereocenters. The first-order chi connectivity index (χ1) is 12.3. The Morgan fingerprint density at radius 1 is 0.962 bits per heavy atom. The third kappa shape index (κ3) is 4.12. The summed E-state index contributed by atoms with van der Waals surface area (Å²) in [5, 5.41) is 0. The number of hydrogen-bond donors (Lipinski definition) is 1. The van der Waals surface area contributed by atoms with E-state index in [1.54, 1.807) is 6.33 Å². The molecule has 0 saturated heterocycles. The molecule has 3 rings (SSSR count). The molecular formula is C17H19N3O4S2. The Morgan fingerprint density at radius 2 is 1.62 bits per heavy atom. The van der Waals surface area contributed by atoms with Crippen LogP contribution >= 0.6 is 0 Å². The van der Waals surface area contributed by atoms with Gasteiger partial charge in [-0.25, -0.2) is 26.5 Å². The Balaban J connectivity index is 1.60. The van der Waals surface area contributed by atoms with Gasteiger partial charge >= 0.3 is 0 Å². The van der Waals surface area contributed by atoms with Crippen molar-refractivity contribution in [3.05, 3.63) is 54.9 Å². The van der Waals surface area contributed by atoms with Crippen LogP contribution in [0, 0.1) is 0 Å². The molecule has 1 N–H and O–H groups in total. The Morgan fingerprint density at radius 3 is 2.31 bits per heavy atom. The Hall–Kier alpha value is -2.23. The number of imidazole rings is 1. The fourth-order valence-corrected chi connectivity index (χ4v) is 4.30. The van der Waals surface area contributed by atoms with Crippen molar-refractivity contribution in [2.45, 2.75) is 22.8 Å². The molecule has 0 aliphatic carbocycles. The summed E-state index contributed by atoms with van der Waals surface area (Å²) in [6.45, 7) is 0.902. The smallest absolute Gasteiger partial charge is 0.240 e. The molecule has 0 unspecified atom stereocenters. The van der Waals surface area contributed by atoms with E-state index in [9.17, 15) is 16.8 Å². The average Bonchev–Trinajstić information content (AvgIpc) is 3.01. The van der Waals surface area contributed by atoms with Crippen LogP contribution in [0.4, 0.5) is 0 Å². The minimum atomic E-state index is -3.68. The number of nitrogens with zero attached hydrogens (tertiary/aromatic N) is 2. The molecule has 26 heavy (non-hydrogen) atoms. The minimum Gasteiger partial charge on any atom is -0.331 e. The van der Waals surface area contributed by atoms with Crippen LogP contribution in [0.3, 0.4) is 0 Å². The number of sulfonamides is 1. The molecule has 9 heteroatoms. The van der Waals surface area contributed by atoms with E-state index < -0.39 is 19.9 Å². The maximum absolute atomic E-state index is 12.3. The average molecular weight is 393 g/mol. The van der Waals surface area contributed by atoms with Gasteiger partial charge in [-0.15, -0.1) is 0 Å². The highest BCUT2D eigenvalue weighted by Gasteiger charge is 2.15. The van der Waals surface area contributed by atoms with Crippen molar-refractivity contribution >= 4 is 30.9 Å². The summed E-state index contributed by atoms with van der Waals surface area (Å²) in [6, 6.07) is 12.9. The molecule has 0 bridgehead atoms. The predicted molar refractivity (Wildman–Crippen MR) is 99.1 cm³/mol. The maximum Gasteiger partial charge on any atom is 0.240 e. The molecule has 0 aliphatic rings. The van der Waals surface area contributed by atoms with E-state index in [0.29, 0.717) is 13.0 Å². The number of sulfone groups is 1. The Kier molecular flexibility index (Phi) is 5.12. The second-order valence-electron chi connectivity index (χ2n) is 5.92. The summed E-state index contributed by atoms with van der Waals surface area (Å²) in [7, 11) is -7.03. The largest absolute Gasteiger partial charge is 0.331 e. The van der Waals surface area contributed by atoms with E-state index in [4.69, 9.17) is 0 Å². The SMILES string of the molecule is CS(=O)(=O)c1ccc(S(=O)(=O)NCCCn2cnc3ccccc32)cc1. The van der Waals surface area contributed by atoms with Crippen LogP contribution in [0.2, 0.25) is 0 Å². The summed E-state index contributed by atoms with van der Waals surface area (Å²) in [6.07, 6.45) is 3.42. The van der Waals surface area contributed by atoms with E-state index >= 15 is 0 Å². The molecule has 1 aromatic heterocycles. The lowest BCUT2D eigenvalue weighted by molar-refractivity contribution is 0.571. The van der Waals surface area contributed by atoms with Crippen LogP contribution in [0.25, 0.3) is 11.0 Å². The van der Waals surface area contributed by atoms with E-state index in [-0.39, 0.29) is 16.3 Å². The molecule has 0 saturated carbocycles. The number of aromatic nitrogens is 2. The lowest BCUT2D eigenvalue weighted by Gasteiger charge is -2.08. The predicted octanol–water partition coefficient (Wildman–Crippen LogP) is 1.81. The zero-order chi connectivity index (χ0) is 18.8. The van der Waals surface area contributed by atoms with Crippen molar-refractivity contribution < 1.29 is 16.8 Å². The fraction of sp³-hybridized carbons (Fsp3) is 0.235. The molecule has 1 heterocycles. The first-order valence-corrected chi connectivity index (χ1v) is 11.3. The van der Waals surface area contributed by atoms with Crippen LogP contribution in [-0.4, -0.2) is 39.2 Å². The Labute approximate surface area is 152 Å². The van der Waals surface area contributed by atoms with Gasteiger partial charge in [0.25, 0.3) is 0 Å². The van der Waals surface area contributed by atoms with Gasteiger partial charge in [-0.2, -0.15) is 0 Å². The molecule has 0 spiro atoms. The lowest BCUT2D eigenvalue weighted by atomic mass is 10.3. The van der Waals surface area contributed by atoms with Crippen molar-refractivity contribution in [2.75, 3.05) is 12.8 Å². The fourth-order valence-electron chi connectivity index (χ4n) is 2.59. The summed E-state index contributed by atoms with van der Waals surface area (Å²) in [4.78, 5) is 4.42. The molecule has 0 aliphatic heterocycles. The van der Waals surface area contributed by atoms with Crippen molar-refractivity contribution in [2.24, 2.45) is 0 Å². The van der Waals surface area contributed by atoms with Gasteiger partial charge in [-0.05, 0) is 42.8 Å². The molecular weight excluding hydrogens is 374 g/mol. The van der Waals surface area contributed by atoms with Gasteiger partial charge in [-0.3, -0.25) is 0 Å². The number of fused-ring (bicyclic) bond motifs is 1. The van der Waals surface area contributed by atoms with Crippen LogP contribution in [0.1, 0.15) is 6.42 Å². The number of rotatable bonds is 7. The van der Waals surface area contributed by atoms with Crippen molar-refractivity contribution in [1.82, 2.24) is 14.3 Å². The third-order valence-electron chi connectivity index (χ3n) is 3.96. The quantitative estimate of drug-likeness (QED) is 0.617. The van der Waals surface area contributed by atoms with Gasteiger partial charge in [0.15, 0.2) is 9.84 Å². The molecule has 138 valence electrons. The van der Waals surface area contributed by atoms with Crippen molar-refractivity contribution in [3.8, 4) is 0 Å². The molecule has 3 aromatic rings. The van der Waals surface area contributed by atoms with E-state index in [0.717, 1.165) is 17.3 Å². The number of benzene rings is 2.